The Labute approximate surface area is 85.2 Å². The van der Waals surface area contributed by atoms with Gasteiger partial charge in [-0.2, -0.15) is 0 Å². The van der Waals surface area contributed by atoms with Crippen molar-refractivity contribution in [3.63, 3.8) is 0 Å². The Hall–Kier alpha value is 0.700. The van der Waals surface area contributed by atoms with Gasteiger partial charge in [-0.05, 0) is 34.6 Å². The van der Waals surface area contributed by atoms with E-state index in [0.29, 0.717) is 21.8 Å². The number of hydrogen-bond donors (Lipinski definition) is 0. The van der Waals surface area contributed by atoms with Crippen molar-refractivity contribution in [2.24, 2.45) is 0 Å². The third-order valence-electron chi connectivity index (χ3n) is 1.22. The molecule has 0 heterocycles. The Kier molecular flexibility index (Phi) is 14.8. The van der Waals surface area contributed by atoms with Gasteiger partial charge in [0.05, 0.1) is 25.0 Å². The summed E-state index contributed by atoms with van der Waals surface area (Å²) in [5, 5.41) is 0. The molecule has 0 N–H and O–H groups in total. The zero-order chi connectivity index (χ0) is 9.98. The summed E-state index contributed by atoms with van der Waals surface area (Å²) in [6, 6.07) is 0. The van der Waals surface area contributed by atoms with E-state index >= 15 is 0 Å². The molecule has 0 aliphatic rings. The largest absolute Gasteiger partial charge is 0.107 e. The molecule has 0 unspecified atom stereocenters. The Morgan fingerprint density at radius 2 is 0.917 bits per heavy atom. The molecule has 0 aliphatic heterocycles. The molecule has 0 aliphatic carbocycles. The van der Waals surface area contributed by atoms with Crippen molar-refractivity contribution in [1.82, 2.24) is 0 Å². The van der Waals surface area contributed by atoms with Gasteiger partial charge in [0.25, 0.3) is 0 Å². The van der Waals surface area contributed by atoms with E-state index in [1.165, 1.54) is 24.3 Å². The molecule has 12 heavy (non-hydrogen) atoms. The van der Waals surface area contributed by atoms with Crippen LogP contribution in [0.4, 0.5) is 0 Å². The lowest BCUT2D eigenvalue weighted by Crippen LogP contribution is -1.98. The van der Waals surface area contributed by atoms with E-state index in [2.05, 4.69) is 38.9 Å². The number of rotatable bonds is 4. The van der Waals surface area contributed by atoms with Gasteiger partial charge in [0.2, 0.25) is 0 Å². The monoisotopic (exact) mass is 210 g/mol. The van der Waals surface area contributed by atoms with E-state index in [4.69, 9.17) is 0 Å². The molecular weight excluding hydrogens is 184 g/mol. The number of hydrogen-bond acceptors (Lipinski definition) is 0. The Bertz CT molecular complexity index is 60.2. The fraction of sp³-hybridized carbons (Fsp3) is 1.00. The van der Waals surface area contributed by atoms with Crippen LogP contribution in [0.25, 0.3) is 0 Å². The summed E-state index contributed by atoms with van der Waals surface area (Å²) in [5.41, 5.74) is 0. The van der Waals surface area contributed by atoms with Crippen molar-refractivity contribution in [1.29, 1.82) is 0 Å². The molecule has 0 fully saturated rings. The first-order chi connectivity index (χ1) is 5.54. The van der Waals surface area contributed by atoms with Crippen molar-refractivity contribution in [2.45, 2.75) is 26.7 Å². The summed E-state index contributed by atoms with van der Waals surface area (Å²) in [6.07, 6.45) is 11.8. The van der Waals surface area contributed by atoms with Crippen LogP contribution in [0.1, 0.15) is 26.7 Å². The maximum Gasteiger partial charge on any atom is 0.107 e. The highest BCUT2D eigenvalue weighted by Gasteiger charge is 1.95. The average molecular weight is 210 g/mol. The third-order valence-corrected chi connectivity index (χ3v) is 3.67. The second kappa shape index (κ2) is 11.7. The molecule has 0 amide bonds. The lowest BCUT2D eigenvalue weighted by molar-refractivity contribution is 1.10. The zero-order valence-corrected chi connectivity index (χ0v) is 11.3. The Morgan fingerprint density at radius 3 is 0.917 bits per heavy atom. The lowest BCUT2D eigenvalue weighted by Gasteiger charge is -1.87. The first-order valence-electron chi connectivity index (χ1n) is 4.62. The normalized spacial score (nSPS) is 10.0. The molecule has 0 atom stereocenters. The van der Waals surface area contributed by atoms with Crippen molar-refractivity contribution in [3.05, 3.63) is 0 Å². The van der Waals surface area contributed by atoms with E-state index in [9.17, 15) is 0 Å². The van der Waals surface area contributed by atoms with Crippen LogP contribution >= 0.6 is 0 Å². The topological polar surface area (TPSA) is 0 Å². The van der Waals surface area contributed by atoms with Crippen LogP contribution in [-0.2, 0) is 21.8 Å². The van der Waals surface area contributed by atoms with Crippen molar-refractivity contribution >= 4 is 21.8 Å². The minimum Gasteiger partial charge on any atom is -0.0609 e. The summed E-state index contributed by atoms with van der Waals surface area (Å²) >= 11 is 0. The Balaban J connectivity index is 0. The van der Waals surface area contributed by atoms with E-state index in [1.807, 2.05) is 0 Å². The molecule has 0 rings (SSSR count). The smallest absolute Gasteiger partial charge is 0.0609 e. The molecule has 0 aromatic rings. The van der Waals surface area contributed by atoms with E-state index in [0.717, 1.165) is 0 Å². The molecule has 0 aromatic carbocycles. The summed E-state index contributed by atoms with van der Waals surface area (Å²) < 4.78 is 0. The van der Waals surface area contributed by atoms with Crippen molar-refractivity contribution in [3.8, 4) is 0 Å². The summed E-state index contributed by atoms with van der Waals surface area (Å²) in [6.45, 7) is 4.46. The molecule has 2 heteroatoms. The molecule has 76 valence electrons. The van der Waals surface area contributed by atoms with Crippen molar-refractivity contribution < 1.29 is 0 Å². The third kappa shape index (κ3) is 22.4. The molecular formula is C10H26S2+2. The lowest BCUT2D eigenvalue weighted by atomic mass is 10.6. The van der Waals surface area contributed by atoms with Crippen LogP contribution in [0, 0.1) is 0 Å². The van der Waals surface area contributed by atoms with E-state index in [-0.39, 0.29) is 0 Å². The van der Waals surface area contributed by atoms with Gasteiger partial charge < -0.3 is 0 Å². The highest BCUT2D eigenvalue weighted by Crippen LogP contribution is 1.85. The maximum atomic E-state index is 2.28. The molecule has 0 spiro atoms. The average Bonchev–Trinajstić information content (AvgIpc) is 1.87. The van der Waals surface area contributed by atoms with Gasteiger partial charge in [-0.3, -0.25) is 0 Å². The van der Waals surface area contributed by atoms with E-state index in [1.54, 1.807) is 0 Å². The molecule has 0 saturated carbocycles. The highest BCUT2D eigenvalue weighted by molar-refractivity contribution is 7.95. The first-order valence-corrected chi connectivity index (χ1v) is 9.05. The van der Waals surface area contributed by atoms with Crippen LogP contribution in [0.15, 0.2) is 0 Å². The standard InChI is InChI=1S/2C5H13S/c2*1-4-5-6(2)3/h2*4-5H2,1-3H3/q2*+1. The fourth-order valence-electron chi connectivity index (χ4n) is 0.816. The van der Waals surface area contributed by atoms with Gasteiger partial charge >= 0.3 is 0 Å². The first kappa shape index (κ1) is 15.2. The summed E-state index contributed by atoms with van der Waals surface area (Å²) in [5.74, 6) is 2.81. The van der Waals surface area contributed by atoms with Crippen LogP contribution in [-0.4, -0.2) is 36.5 Å². The van der Waals surface area contributed by atoms with E-state index < -0.39 is 0 Å². The SMILES string of the molecule is CCC[S+](C)C.CCC[S+](C)C. The second-order valence-electron chi connectivity index (χ2n) is 3.38. The van der Waals surface area contributed by atoms with Gasteiger partial charge in [-0.1, -0.05) is 13.8 Å². The van der Waals surface area contributed by atoms with Gasteiger partial charge in [-0.25, -0.2) is 0 Å². The van der Waals surface area contributed by atoms with Crippen LogP contribution in [0.5, 0.6) is 0 Å². The van der Waals surface area contributed by atoms with Gasteiger partial charge in [-0.15, -0.1) is 0 Å². The van der Waals surface area contributed by atoms with Gasteiger partial charge in [0, 0.05) is 0 Å². The highest BCUT2D eigenvalue weighted by atomic mass is 32.2. The molecule has 0 nitrogen and oxygen atoms in total. The summed E-state index contributed by atoms with van der Waals surface area (Å²) in [7, 11) is 1.37. The predicted molar refractivity (Wildman–Crippen MR) is 68.7 cm³/mol. The molecule has 0 saturated heterocycles. The maximum absolute atomic E-state index is 2.28. The van der Waals surface area contributed by atoms with Crippen molar-refractivity contribution in [2.75, 3.05) is 36.5 Å². The fourth-order valence-corrected chi connectivity index (χ4v) is 2.45. The predicted octanol–water partition coefficient (Wildman–Crippen LogP) is 2.55. The van der Waals surface area contributed by atoms with Gasteiger partial charge in [0.1, 0.15) is 11.5 Å². The summed E-state index contributed by atoms with van der Waals surface area (Å²) in [4.78, 5) is 0. The van der Waals surface area contributed by atoms with Gasteiger partial charge in [0.15, 0.2) is 0 Å². The van der Waals surface area contributed by atoms with Crippen LogP contribution in [0.3, 0.4) is 0 Å². The minimum absolute atomic E-state index is 0.684. The van der Waals surface area contributed by atoms with Crippen LogP contribution < -0.4 is 0 Å². The second-order valence-corrected chi connectivity index (χ2v) is 8.14. The molecule has 0 radical (unpaired) electrons. The zero-order valence-electron chi connectivity index (χ0n) is 9.64. The molecule has 0 aromatic heterocycles. The van der Waals surface area contributed by atoms with Crippen LogP contribution in [0.2, 0.25) is 0 Å². The quantitative estimate of drug-likeness (QED) is 0.626. The molecule has 0 bridgehead atoms. The minimum atomic E-state index is 0.684. The Morgan fingerprint density at radius 1 is 0.667 bits per heavy atom.